The molecule has 0 saturated carbocycles. The van der Waals surface area contributed by atoms with Crippen LogP contribution < -0.4 is 14.4 Å². The van der Waals surface area contributed by atoms with Crippen LogP contribution >= 0.6 is 0 Å². The Morgan fingerprint density at radius 2 is 1.59 bits per heavy atom. The minimum absolute atomic E-state index is 0.0660. The van der Waals surface area contributed by atoms with Gasteiger partial charge in [-0.3, -0.25) is 13.9 Å². The molecule has 1 atom stereocenters. The monoisotopic (exact) mass is 551 g/mol. The van der Waals surface area contributed by atoms with E-state index in [9.17, 15) is 18.0 Å². The summed E-state index contributed by atoms with van der Waals surface area (Å²) < 4.78 is 34.0. The lowest BCUT2D eigenvalue weighted by molar-refractivity contribution is -0.140. The molecule has 8 nitrogen and oxygen atoms in total. The lowest BCUT2D eigenvalue weighted by Gasteiger charge is -2.33. The Hall–Kier alpha value is -3.85. The molecule has 3 aromatic carbocycles. The number of carbonyl (C=O) groups is 2. The van der Waals surface area contributed by atoms with Crippen molar-refractivity contribution in [1.82, 2.24) is 10.2 Å². The topological polar surface area (TPSA) is 96.0 Å². The van der Waals surface area contributed by atoms with Gasteiger partial charge >= 0.3 is 0 Å². The first kappa shape index (κ1) is 29.7. The zero-order valence-corrected chi connectivity index (χ0v) is 24.2. The van der Waals surface area contributed by atoms with Crippen molar-refractivity contribution in [1.29, 1.82) is 0 Å². The molecule has 0 aliphatic carbocycles. The van der Waals surface area contributed by atoms with Gasteiger partial charge in [0.05, 0.1) is 17.7 Å². The molecule has 0 heterocycles. The van der Waals surface area contributed by atoms with Gasteiger partial charge in [0.25, 0.3) is 10.0 Å². The van der Waals surface area contributed by atoms with Crippen LogP contribution in [0.15, 0.2) is 83.8 Å². The van der Waals surface area contributed by atoms with Gasteiger partial charge in [0, 0.05) is 12.1 Å². The predicted molar refractivity (Wildman–Crippen MR) is 153 cm³/mol. The second-order valence-electron chi connectivity index (χ2n) is 10.4. The van der Waals surface area contributed by atoms with Gasteiger partial charge in [0.15, 0.2) is 0 Å². The number of amides is 2. The standard InChI is InChI=1S/C30H37N3O5S/c1-22-15-17-25(18-16-22)33(39(36,37)27-13-8-7-9-14-27)21-28(34)32(23(2)29(35)31-30(3,4)5)20-24-11-10-12-26(19-24)38-6/h7-19,23H,20-21H2,1-6H3,(H,31,35)/t23-/m1/s1. The zero-order chi connectivity index (χ0) is 28.8. The number of nitrogens with zero attached hydrogens (tertiary/aromatic N) is 2. The number of rotatable bonds is 10. The van der Waals surface area contributed by atoms with Crippen LogP contribution in [0, 0.1) is 6.92 Å². The first-order valence-corrected chi connectivity index (χ1v) is 14.1. The maximum atomic E-state index is 14.0. The van der Waals surface area contributed by atoms with Gasteiger partial charge in [-0.2, -0.15) is 0 Å². The third-order valence-electron chi connectivity index (χ3n) is 6.08. The molecule has 0 fully saturated rings. The van der Waals surface area contributed by atoms with Crippen molar-refractivity contribution >= 4 is 27.5 Å². The number of benzene rings is 3. The van der Waals surface area contributed by atoms with E-state index < -0.39 is 34.1 Å². The molecular weight excluding hydrogens is 514 g/mol. The van der Waals surface area contributed by atoms with E-state index in [1.165, 1.54) is 17.0 Å². The Bertz CT molecular complexity index is 1380. The fourth-order valence-corrected chi connectivity index (χ4v) is 5.42. The third-order valence-corrected chi connectivity index (χ3v) is 7.87. The maximum absolute atomic E-state index is 14.0. The van der Waals surface area contributed by atoms with Gasteiger partial charge in [-0.1, -0.05) is 48.0 Å². The molecule has 208 valence electrons. The number of hydrogen-bond donors (Lipinski definition) is 1. The predicted octanol–water partition coefficient (Wildman–Crippen LogP) is 4.53. The molecule has 1 N–H and O–H groups in total. The highest BCUT2D eigenvalue weighted by Crippen LogP contribution is 2.25. The number of sulfonamides is 1. The van der Waals surface area contributed by atoms with E-state index in [0.29, 0.717) is 11.4 Å². The van der Waals surface area contributed by atoms with Gasteiger partial charge in [0.1, 0.15) is 18.3 Å². The summed E-state index contributed by atoms with van der Waals surface area (Å²) in [6.45, 7) is 8.71. The van der Waals surface area contributed by atoms with Gasteiger partial charge in [-0.15, -0.1) is 0 Å². The largest absolute Gasteiger partial charge is 0.497 e. The van der Waals surface area contributed by atoms with Gasteiger partial charge in [-0.05, 0) is 76.6 Å². The molecular formula is C30H37N3O5S. The second kappa shape index (κ2) is 12.3. The molecule has 0 unspecified atom stereocenters. The summed E-state index contributed by atoms with van der Waals surface area (Å²) in [4.78, 5) is 28.6. The molecule has 0 spiro atoms. The van der Waals surface area contributed by atoms with Crippen LogP contribution in [0.25, 0.3) is 0 Å². The normalized spacial score (nSPS) is 12.4. The van der Waals surface area contributed by atoms with Crippen molar-refractivity contribution in [2.24, 2.45) is 0 Å². The molecule has 0 bridgehead atoms. The zero-order valence-electron chi connectivity index (χ0n) is 23.3. The molecule has 0 saturated heterocycles. The summed E-state index contributed by atoms with van der Waals surface area (Å²) in [6, 6.07) is 21.2. The molecule has 0 aromatic heterocycles. The van der Waals surface area contributed by atoms with Gasteiger partial charge in [-0.25, -0.2) is 8.42 Å². The quantitative estimate of drug-likeness (QED) is 0.399. The van der Waals surface area contributed by atoms with E-state index in [1.54, 1.807) is 74.7 Å². The van der Waals surface area contributed by atoms with Gasteiger partial charge in [0.2, 0.25) is 11.8 Å². The molecule has 2 amide bonds. The third kappa shape index (κ3) is 7.83. The van der Waals surface area contributed by atoms with Crippen molar-refractivity contribution in [3.63, 3.8) is 0 Å². The summed E-state index contributed by atoms with van der Waals surface area (Å²) >= 11 is 0. The van der Waals surface area contributed by atoms with Crippen molar-refractivity contribution in [3.05, 3.63) is 90.0 Å². The number of carbonyl (C=O) groups excluding carboxylic acids is 2. The fraction of sp³-hybridized carbons (Fsp3) is 0.333. The first-order valence-electron chi connectivity index (χ1n) is 12.7. The fourth-order valence-electron chi connectivity index (χ4n) is 3.98. The highest BCUT2D eigenvalue weighted by atomic mass is 32.2. The molecule has 39 heavy (non-hydrogen) atoms. The SMILES string of the molecule is COc1cccc(CN(C(=O)CN(c2ccc(C)cc2)S(=O)(=O)c2ccccc2)[C@H](C)C(=O)NC(C)(C)C)c1. The molecule has 3 aromatic rings. The first-order chi connectivity index (χ1) is 18.3. The van der Waals surface area contributed by atoms with Crippen LogP contribution in [0.2, 0.25) is 0 Å². The van der Waals surface area contributed by atoms with Crippen LogP contribution in [0.1, 0.15) is 38.8 Å². The molecule has 0 radical (unpaired) electrons. The minimum Gasteiger partial charge on any atom is -0.497 e. The average Bonchev–Trinajstić information content (AvgIpc) is 2.90. The summed E-state index contributed by atoms with van der Waals surface area (Å²) in [5.74, 6) is -0.249. The van der Waals surface area contributed by atoms with Crippen molar-refractivity contribution < 1.29 is 22.7 Å². The van der Waals surface area contributed by atoms with Crippen molar-refractivity contribution in [2.75, 3.05) is 18.0 Å². The van der Waals surface area contributed by atoms with E-state index in [4.69, 9.17) is 4.74 Å². The number of nitrogens with one attached hydrogen (secondary N) is 1. The Morgan fingerprint density at radius 3 is 2.18 bits per heavy atom. The smallest absolute Gasteiger partial charge is 0.264 e. The van der Waals surface area contributed by atoms with Crippen LogP contribution in [0.4, 0.5) is 5.69 Å². The summed E-state index contributed by atoms with van der Waals surface area (Å²) in [6.07, 6.45) is 0. The van der Waals surface area contributed by atoms with E-state index in [2.05, 4.69) is 5.32 Å². The average molecular weight is 552 g/mol. The minimum atomic E-state index is -4.09. The molecule has 0 aliphatic heterocycles. The summed E-state index contributed by atoms with van der Waals surface area (Å²) in [5, 5.41) is 2.92. The van der Waals surface area contributed by atoms with Crippen LogP contribution in [-0.4, -0.2) is 50.4 Å². The van der Waals surface area contributed by atoms with Crippen molar-refractivity contribution in [3.8, 4) is 5.75 Å². The van der Waals surface area contributed by atoms with Crippen LogP contribution in [0.3, 0.4) is 0 Å². The second-order valence-corrected chi connectivity index (χ2v) is 12.3. The Balaban J connectivity index is 2.03. The highest BCUT2D eigenvalue weighted by Gasteiger charge is 2.33. The van der Waals surface area contributed by atoms with Crippen LogP contribution in [0.5, 0.6) is 5.75 Å². The van der Waals surface area contributed by atoms with Gasteiger partial charge < -0.3 is 15.0 Å². The van der Waals surface area contributed by atoms with E-state index in [1.807, 2.05) is 33.8 Å². The Kier molecular flexibility index (Phi) is 9.40. The molecule has 3 rings (SSSR count). The lowest BCUT2D eigenvalue weighted by atomic mass is 10.1. The number of anilines is 1. The van der Waals surface area contributed by atoms with E-state index in [0.717, 1.165) is 15.4 Å². The summed E-state index contributed by atoms with van der Waals surface area (Å²) in [7, 11) is -2.54. The molecule has 9 heteroatoms. The number of methoxy groups -OCH3 is 1. The molecule has 0 aliphatic rings. The highest BCUT2D eigenvalue weighted by molar-refractivity contribution is 7.92. The number of aryl methyl sites for hydroxylation is 1. The van der Waals surface area contributed by atoms with Crippen molar-refractivity contribution in [2.45, 2.75) is 57.6 Å². The van der Waals surface area contributed by atoms with E-state index >= 15 is 0 Å². The Labute approximate surface area is 231 Å². The maximum Gasteiger partial charge on any atom is 0.264 e. The number of hydrogen-bond acceptors (Lipinski definition) is 5. The summed E-state index contributed by atoms with van der Waals surface area (Å²) in [5.41, 5.74) is 1.53. The number of ether oxygens (including phenoxy) is 1. The lowest BCUT2D eigenvalue weighted by Crippen LogP contribution is -2.54. The van der Waals surface area contributed by atoms with Crippen LogP contribution in [-0.2, 0) is 26.2 Å². The van der Waals surface area contributed by atoms with E-state index in [-0.39, 0.29) is 17.3 Å². The Morgan fingerprint density at radius 1 is 0.949 bits per heavy atom.